The Bertz CT molecular complexity index is 1050. The second-order valence-corrected chi connectivity index (χ2v) is 8.36. The highest BCUT2D eigenvalue weighted by molar-refractivity contribution is 5.89. The number of nitrogen functional groups attached to an aromatic ring is 1. The second kappa shape index (κ2) is 8.26. The number of nitrogens with zero attached hydrogens (tertiary/aromatic N) is 7. The van der Waals surface area contributed by atoms with Crippen LogP contribution in [-0.4, -0.2) is 61.9 Å². The first-order chi connectivity index (χ1) is 15.1. The molecule has 1 saturated heterocycles. The van der Waals surface area contributed by atoms with Gasteiger partial charge in [0.1, 0.15) is 17.3 Å². The standard InChI is InChI=1S/C21H28N8O2/c1-13(2)29-18-17(26-21(29)31-15-5-3-4-6-15)16(14-11-23-19(22)24-12-14)25-20(27-18)28-7-9-30-10-8-28/h11-13,15H,3-10H2,1-2H3,(H2,22,23,24). The highest BCUT2D eigenvalue weighted by Gasteiger charge is 2.26. The van der Waals surface area contributed by atoms with Gasteiger partial charge in [-0.25, -0.2) is 15.0 Å². The van der Waals surface area contributed by atoms with E-state index in [0.29, 0.717) is 36.4 Å². The van der Waals surface area contributed by atoms with Crippen molar-refractivity contribution < 1.29 is 9.47 Å². The summed E-state index contributed by atoms with van der Waals surface area (Å²) in [6, 6.07) is 0.729. The minimum absolute atomic E-state index is 0.129. The third kappa shape index (κ3) is 3.87. The van der Waals surface area contributed by atoms with Gasteiger partial charge in [0.15, 0.2) is 5.65 Å². The number of aromatic nitrogens is 6. The Hall–Kier alpha value is -3.01. The van der Waals surface area contributed by atoms with Crippen molar-refractivity contribution in [1.29, 1.82) is 0 Å². The molecule has 2 aliphatic rings. The van der Waals surface area contributed by atoms with Crippen LogP contribution in [0.2, 0.25) is 0 Å². The Kier molecular flexibility index (Phi) is 5.31. The molecule has 0 spiro atoms. The van der Waals surface area contributed by atoms with Crippen LogP contribution in [0.1, 0.15) is 45.6 Å². The van der Waals surface area contributed by atoms with E-state index in [4.69, 9.17) is 30.2 Å². The maximum atomic E-state index is 6.35. The molecule has 3 aromatic heterocycles. The molecule has 0 aromatic carbocycles. The number of ether oxygens (including phenoxy) is 2. The first-order valence-electron chi connectivity index (χ1n) is 11.0. The Morgan fingerprint density at radius 1 is 1.06 bits per heavy atom. The minimum Gasteiger partial charge on any atom is -0.461 e. The summed E-state index contributed by atoms with van der Waals surface area (Å²) in [5.41, 5.74) is 8.58. The van der Waals surface area contributed by atoms with E-state index in [0.717, 1.165) is 37.1 Å². The number of fused-ring (bicyclic) bond motifs is 1. The molecule has 4 heterocycles. The van der Waals surface area contributed by atoms with Gasteiger partial charge < -0.3 is 20.1 Å². The van der Waals surface area contributed by atoms with E-state index < -0.39 is 0 Å². The van der Waals surface area contributed by atoms with Crippen molar-refractivity contribution in [2.24, 2.45) is 0 Å². The lowest BCUT2D eigenvalue weighted by atomic mass is 10.2. The Balaban J connectivity index is 1.68. The molecule has 164 valence electrons. The van der Waals surface area contributed by atoms with E-state index >= 15 is 0 Å². The monoisotopic (exact) mass is 424 g/mol. The molecule has 31 heavy (non-hydrogen) atoms. The number of hydrogen-bond donors (Lipinski definition) is 1. The summed E-state index contributed by atoms with van der Waals surface area (Å²) in [6.45, 7) is 7.02. The molecule has 0 unspecified atom stereocenters. The van der Waals surface area contributed by atoms with Gasteiger partial charge in [-0.05, 0) is 39.5 Å². The van der Waals surface area contributed by atoms with Crippen LogP contribution in [0.4, 0.5) is 11.9 Å². The minimum atomic E-state index is 0.129. The number of anilines is 2. The van der Waals surface area contributed by atoms with E-state index in [1.165, 1.54) is 12.8 Å². The van der Waals surface area contributed by atoms with Gasteiger partial charge in [0.05, 0.1) is 13.2 Å². The Labute approximate surface area is 180 Å². The summed E-state index contributed by atoms with van der Waals surface area (Å²) in [5, 5.41) is 0. The number of hydrogen-bond acceptors (Lipinski definition) is 9. The van der Waals surface area contributed by atoms with E-state index in [2.05, 4.69) is 33.3 Å². The number of nitrogens with two attached hydrogens (primary N) is 1. The molecule has 0 bridgehead atoms. The largest absolute Gasteiger partial charge is 0.461 e. The van der Waals surface area contributed by atoms with Crippen molar-refractivity contribution in [1.82, 2.24) is 29.5 Å². The van der Waals surface area contributed by atoms with Crippen molar-refractivity contribution in [2.45, 2.75) is 51.7 Å². The van der Waals surface area contributed by atoms with E-state index in [-0.39, 0.29) is 18.1 Å². The van der Waals surface area contributed by atoms with Crippen LogP contribution in [0, 0.1) is 0 Å². The van der Waals surface area contributed by atoms with E-state index in [1.54, 1.807) is 12.4 Å². The fourth-order valence-electron chi connectivity index (χ4n) is 4.21. The van der Waals surface area contributed by atoms with Crippen LogP contribution in [0.5, 0.6) is 6.01 Å². The molecule has 10 heteroatoms. The van der Waals surface area contributed by atoms with Crippen molar-refractivity contribution >= 4 is 23.1 Å². The fourth-order valence-corrected chi connectivity index (χ4v) is 4.21. The van der Waals surface area contributed by atoms with Gasteiger partial charge in [0, 0.05) is 37.1 Å². The molecular formula is C21H28N8O2. The quantitative estimate of drug-likeness (QED) is 0.659. The molecule has 0 amide bonds. The molecule has 0 atom stereocenters. The lowest BCUT2D eigenvalue weighted by molar-refractivity contribution is 0.122. The lowest BCUT2D eigenvalue weighted by Gasteiger charge is -2.27. The summed E-state index contributed by atoms with van der Waals surface area (Å²) in [6.07, 6.45) is 8.07. The molecule has 1 saturated carbocycles. The average molecular weight is 425 g/mol. The predicted octanol–water partition coefficient (Wildman–Crippen LogP) is 2.60. The maximum absolute atomic E-state index is 6.35. The van der Waals surface area contributed by atoms with E-state index in [9.17, 15) is 0 Å². The van der Waals surface area contributed by atoms with Crippen LogP contribution in [0.15, 0.2) is 12.4 Å². The van der Waals surface area contributed by atoms with Gasteiger partial charge in [-0.2, -0.15) is 9.97 Å². The highest BCUT2D eigenvalue weighted by Crippen LogP contribution is 2.34. The van der Waals surface area contributed by atoms with E-state index in [1.807, 2.05) is 0 Å². The summed E-state index contributed by atoms with van der Waals surface area (Å²) in [4.78, 5) is 25.1. The molecule has 1 aliphatic carbocycles. The van der Waals surface area contributed by atoms with Crippen LogP contribution >= 0.6 is 0 Å². The fraction of sp³-hybridized carbons (Fsp3) is 0.571. The van der Waals surface area contributed by atoms with Crippen LogP contribution in [0.25, 0.3) is 22.4 Å². The van der Waals surface area contributed by atoms with Crippen molar-refractivity contribution in [2.75, 3.05) is 36.9 Å². The molecule has 2 fully saturated rings. The Morgan fingerprint density at radius 3 is 2.45 bits per heavy atom. The summed E-state index contributed by atoms with van der Waals surface area (Å²) < 4.78 is 13.9. The van der Waals surface area contributed by atoms with Crippen molar-refractivity contribution in [3.8, 4) is 17.3 Å². The molecule has 1 aliphatic heterocycles. The first kappa shape index (κ1) is 19.9. The third-order valence-electron chi connectivity index (χ3n) is 5.83. The number of rotatable bonds is 5. The van der Waals surface area contributed by atoms with Gasteiger partial charge in [-0.15, -0.1) is 0 Å². The van der Waals surface area contributed by atoms with Crippen molar-refractivity contribution in [3.63, 3.8) is 0 Å². The zero-order chi connectivity index (χ0) is 21.4. The molecular weight excluding hydrogens is 396 g/mol. The zero-order valence-corrected chi connectivity index (χ0v) is 18.0. The van der Waals surface area contributed by atoms with Crippen LogP contribution in [0.3, 0.4) is 0 Å². The normalized spacial score (nSPS) is 17.7. The average Bonchev–Trinajstić information content (AvgIpc) is 3.42. The topological polar surface area (TPSA) is 117 Å². The lowest BCUT2D eigenvalue weighted by Crippen LogP contribution is -2.37. The van der Waals surface area contributed by atoms with Gasteiger partial charge >= 0.3 is 0 Å². The third-order valence-corrected chi connectivity index (χ3v) is 5.83. The van der Waals surface area contributed by atoms with Gasteiger partial charge in [0.2, 0.25) is 11.9 Å². The molecule has 3 aromatic rings. The highest BCUT2D eigenvalue weighted by atomic mass is 16.5. The number of imidazole rings is 1. The maximum Gasteiger partial charge on any atom is 0.299 e. The first-order valence-corrected chi connectivity index (χ1v) is 11.0. The molecule has 5 rings (SSSR count). The Morgan fingerprint density at radius 2 is 1.77 bits per heavy atom. The van der Waals surface area contributed by atoms with Gasteiger partial charge in [0.25, 0.3) is 6.01 Å². The van der Waals surface area contributed by atoms with Crippen LogP contribution < -0.4 is 15.4 Å². The number of morpholine rings is 1. The summed E-state index contributed by atoms with van der Waals surface area (Å²) >= 11 is 0. The van der Waals surface area contributed by atoms with Crippen molar-refractivity contribution in [3.05, 3.63) is 12.4 Å². The smallest absolute Gasteiger partial charge is 0.299 e. The molecule has 0 radical (unpaired) electrons. The second-order valence-electron chi connectivity index (χ2n) is 8.36. The molecule has 10 nitrogen and oxygen atoms in total. The zero-order valence-electron chi connectivity index (χ0n) is 18.0. The molecule has 2 N–H and O–H groups in total. The van der Waals surface area contributed by atoms with Gasteiger partial charge in [-0.1, -0.05) is 0 Å². The summed E-state index contributed by atoms with van der Waals surface area (Å²) in [5.74, 6) is 0.872. The van der Waals surface area contributed by atoms with Crippen LogP contribution in [-0.2, 0) is 4.74 Å². The van der Waals surface area contributed by atoms with Gasteiger partial charge in [-0.3, -0.25) is 4.57 Å². The SMILES string of the molecule is CC(C)n1c(OC2CCCC2)nc2c(-c3cnc(N)nc3)nc(N3CCOCC3)nc21. The summed E-state index contributed by atoms with van der Waals surface area (Å²) in [7, 11) is 0. The predicted molar refractivity (Wildman–Crippen MR) is 117 cm³/mol.